The van der Waals surface area contributed by atoms with Crippen LogP contribution in [0.3, 0.4) is 0 Å². The van der Waals surface area contributed by atoms with E-state index in [0.717, 1.165) is 0 Å². The molecular weight excluding hydrogens is 291 g/mol. The van der Waals surface area contributed by atoms with Crippen molar-refractivity contribution < 1.29 is 9.53 Å². The van der Waals surface area contributed by atoms with E-state index in [9.17, 15) is 4.79 Å². The first-order valence-electron chi connectivity index (χ1n) is 5.38. The number of nitrogens with one attached hydrogen (secondary N) is 2. The minimum atomic E-state index is -0.225. The summed E-state index contributed by atoms with van der Waals surface area (Å²) in [6, 6.07) is 4.91. The van der Waals surface area contributed by atoms with Gasteiger partial charge in [-0.2, -0.15) is 10.1 Å². The maximum Gasteiger partial charge on any atom is 0.230 e. The van der Waals surface area contributed by atoms with Crippen molar-refractivity contribution in [3.05, 3.63) is 34.6 Å². The zero-order chi connectivity index (χ0) is 13.7. The topological polar surface area (TPSA) is 79.9 Å². The third-order valence-corrected chi connectivity index (χ3v) is 2.90. The Hall–Kier alpha value is -1.79. The number of aromatic nitrogens is 3. The molecule has 6 nitrogen and oxygen atoms in total. The van der Waals surface area contributed by atoms with Crippen molar-refractivity contribution in [1.82, 2.24) is 15.2 Å². The molecule has 0 fully saturated rings. The summed E-state index contributed by atoms with van der Waals surface area (Å²) in [5.74, 6) is 0.637. The van der Waals surface area contributed by atoms with E-state index >= 15 is 0 Å². The number of rotatable bonds is 5. The molecule has 0 aliphatic rings. The molecule has 0 aliphatic carbocycles. The Morgan fingerprint density at radius 3 is 2.89 bits per heavy atom. The van der Waals surface area contributed by atoms with Crippen LogP contribution in [-0.2, 0) is 4.79 Å². The molecule has 1 aromatic heterocycles. The molecule has 0 aliphatic heterocycles. The maximum absolute atomic E-state index is 11.5. The van der Waals surface area contributed by atoms with Gasteiger partial charge in [0, 0.05) is 6.07 Å². The molecule has 0 bridgehead atoms. The first-order valence-corrected chi connectivity index (χ1v) is 6.14. The number of nitrogens with zero attached hydrogens (tertiary/aromatic N) is 2. The maximum atomic E-state index is 11.5. The molecule has 100 valence electrons. The molecule has 0 unspecified atom stereocenters. The second-order valence-electron chi connectivity index (χ2n) is 3.56. The number of hydrogen-bond donors (Lipinski definition) is 2. The molecular formula is C11H10Cl2N4O2. The molecule has 19 heavy (non-hydrogen) atoms. The predicted octanol–water partition coefficient (Wildman–Crippen LogP) is 2.52. The van der Waals surface area contributed by atoms with Gasteiger partial charge in [0.15, 0.2) is 0 Å². The number of hydrogen-bond acceptors (Lipinski definition) is 4. The highest BCUT2D eigenvalue weighted by Gasteiger charge is 2.05. The normalized spacial score (nSPS) is 10.2. The van der Waals surface area contributed by atoms with Gasteiger partial charge in [-0.15, -0.1) is 0 Å². The summed E-state index contributed by atoms with van der Waals surface area (Å²) >= 11 is 11.6. The fourth-order valence-corrected chi connectivity index (χ4v) is 1.58. The van der Waals surface area contributed by atoms with Crippen molar-refractivity contribution in [2.75, 3.05) is 11.9 Å². The van der Waals surface area contributed by atoms with Crippen LogP contribution in [0.5, 0.6) is 5.75 Å². The van der Waals surface area contributed by atoms with E-state index in [0.29, 0.717) is 21.7 Å². The van der Waals surface area contributed by atoms with Crippen LogP contribution >= 0.6 is 23.2 Å². The van der Waals surface area contributed by atoms with Gasteiger partial charge >= 0.3 is 0 Å². The summed E-state index contributed by atoms with van der Waals surface area (Å²) in [5.41, 5.74) is 0. The Morgan fingerprint density at radius 1 is 1.37 bits per heavy atom. The quantitative estimate of drug-likeness (QED) is 0.889. The number of carbonyl (C=O) groups is 1. The van der Waals surface area contributed by atoms with Gasteiger partial charge in [0.25, 0.3) is 0 Å². The summed E-state index contributed by atoms with van der Waals surface area (Å²) in [5, 5.41) is 9.53. The number of carbonyl (C=O) groups excluding carboxylic acids is 1. The van der Waals surface area contributed by atoms with E-state index in [1.165, 1.54) is 6.33 Å². The van der Waals surface area contributed by atoms with Crippen LogP contribution in [0.15, 0.2) is 24.5 Å². The third-order valence-electron chi connectivity index (χ3n) is 2.16. The van der Waals surface area contributed by atoms with Gasteiger partial charge in [-0.05, 0) is 12.1 Å². The minimum absolute atomic E-state index is 0.181. The van der Waals surface area contributed by atoms with Crippen LogP contribution in [0.4, 0.5) is 5.95 Å². The molecule has 2 aromatic rings. The van der Waals surface area contributed by atoms with E-state index in [1.54, 1.807) is 18.2 Å². The standard InChI is InChI=1S/C11H10Cl2N4O2/c12-8-2-1-7(5-9(8)13)19-4-3-10(18)16-11-14-6-15-17-11/h1-2,5-6H,3-4H2,(H2,14,15,16,17,18). The minimum Gasteiger partial charge on any atom is -0.493 e. The SMILES string of the molecule is O=C(CCOc1ccc(Cl)c(Cl)c1)Nc1ncn[nH]1. The summed E-state index contributed by atoms with van der Waals surface area (Å²) in [6.07, 6.45) is 1.49. The van der Waals surface area contributed by atoms with Gasteiger partial charge < -0.3 is 4.74 Å². The molecule has 0 spiro atoms. The zero-order valence-corrected chi connectivity index (χ0v) is 11.2. The average molecular weight is 301 g/mol. The van der Waals surface area contributed by atoms with Crippen molar-refractivity contribution in [3.8, 4) is 5.75 Å². The number of benzene rings is 1. The van der Waals surface area contributed by atoms with Crippen LogP contribution < -0.4 is 10.1 Å². The lowest BCUT2D eigenvalue weighted by Crippen LogP contribution is -2.16. The van der Waals surface area contributed by atoms with Crippen LogP contribution in [-0.4, -0.2) is 27.7 Å². The molecule has 0 saturated carbocycles. The average Bonchev–Trinajstić information content (AvgIpc) is 2.86. The van der Waals surface area contributed by atoms with Gasteiger partial charge in [0.2, 0.25) is 11.9 Å². The molecule has 0 atom stereocenters. The summed E-state index contributed by atoms with van der Waals surface area (Å²) in [4.78, 5) is 15.3. The van der Waals surface area contributed by atoms with Crippen LogP contribution in [0.25, 0.3) is 0 Å². The fourth-order valence-electron chi connectivity index (χ4n) is 1.29. The van der Waals surface area contributed by atoms with Gasteiger partial charge in [-0.3, -0.25) is 10.1 Å². The Labute approximate surface area is 119 Å². The first kappa shape index (κ1) is 13.6. The summed E-state index contributed by atoms with van der Waals surface area (Å²) < 4.78 is 5.38. The molecule has 8 heteroatoms. The summed E-state index contributed by atoms with van der Waals surface area (Å²) in [6.45, 7) is 0.220. The zero-order valence-electron chi connectivity index (χ0n) is 9.69. The van der Waals surface area contributed by atoms with Gasteiger partial charge in [0.05, 0.1) is 23.1 Å². The van der Waals surface area contributed by atoms with Crippen LogP contribution in [0.2, 0.25) is 10.0 Å². The Balaban J connectivity index is 1.76. The van der Waals surface area contributed by atoms with Crippen molar-refractivity contribution in [1.29, 1.82) is 0 Å². The Bertz CT molecular complexity index is 560. The lowest BCUT2D eigenvalue weighted by molar-refractivity contribution is -0.116. The van der Waals surface area contributed by atoms with Crippen molar-refractivity contribution in [2.45, 2.75) is 6.42 Å². The molecule has 0 radical (unpaired) electrons. The number of amides is 1. The van der Waals surface area contributed by atoms with Crippen LogP contribution in [0, 0.1) is 0 Å². The monoisotopic (exact) mass is 300 g/mol. The van der Waals surface area contributed by atoms with Crippen molar-refractivity contribution >= 4 is 35.1 Å². The van der Waals surface area contributed by atoms with Gasteiger partial charge in [0.1, 0.15) is 12.1 Å². The number of ether oxygens (including phenoxy) is 1. The molecule has 1 heterocycles. The van der Waals surface area contributed by atoms with Crippen molar-refractivity contribution in [2.24, 2.45) is 0 Å². The second-order valence-corrected chi connectivity index (χ2v) is 4.37. The molecule has 1 amide bonds. The van der Waals surface area contributed by atoms with E-state index in [4.69, 9.17) is 27.9 Å². The third kappa shape index (κ3) is 4.11. The Kier molecular flexibility index (Phi) is 4.59. The number of H-pyrrole nitrogens is 1. The van der Waals surface area contributed by atoms with E-state index in [-0.39, 0.29) is 18.9 Å². The van der Waals surface area contributed by atoms with E-state index < -0.39 is 0 Å². The number of anilines is 1. The molecule has 0 saturated heterocycles. The first-order chi connectivity index (χ1) is 9.15. The number of aromatic amines is 1. The fraction of sp³-hybridized carbons (Fsp3) is 0.182. The number of halogens is 2. The van der Waals surface area contributed by atoms with E-state index in [2.05, 4.69) is 20.5 Å². The van der Waals surface area contributed by atoms with Gasteiger partial charge in [-0.25, -0.2) is 5.10 Å². The highest BCUT2D eigenvalue weighted by atomic mass is 35.5. The van der Waals surface area contributed by atoms with Crippen molar-refractivity contribution in [3.63, 3.8) is 0 Å². The lowest BCUT2D eigenvalue weighted by atomic mass is 10.3. The smallest absolute Gasteiger partial charge is 0.230 e. The highest BCUT2D eigenvalue weighted by molar-refractivity contribution is 6.42. The van der Waals surface area contributed by atoms with E-state index in [1.807, 2.05) is 0 Å². The summed E-state index contributed by atoms with van der Waals surface area (Å²) in [7, 11) is 0. The molecule has 1 aromatic carbocycles. The van der Waals surface area contributed by atoms with Gasteiger partial charge in [-0.1, -0.05) is 23.2 Å². The lowest BCUT2D eigenvalue weighted by Gasteiger charge is -2.06. The highest BCUT2D eigenvalue weighted by Crippen LogP contribution is 2.26. The molecule has 2 N–H and O–H groups in total. The second kappa shape index (κ2) is 6.40. The molecule has 2 rings (SSSR count). The predicted molar refractivity (Wildman–Crippen MR) is 71.6 cm³/mol. The Morgan fingerprint density at radius 2 is 2.21 bits per heavy atom. The largest absolute Gasteiger partial charge is 0.493 e. The van der Waals surface area contributed by atoms with Crippen LogP contribution in [0.1, 0.15) is 6.42 Å².